The van der Waals surface area contributed by atoms with Crippen molar-refractivity contribution in [1.29, 1.82) is 0 Å². The molecule has 1 aromatic rings. The van der Waals surface area contributed by atoms with E-state index >= 15 is 0 Å². The van der Waals surface area contributed by atoms with Gasteiger partial charge in [-0.3, -0.25) is 0 Å². The van der Waals surface area contributed by atoms with Gasteiger partial charge in [0, 0.05) is 5.92 Å². The predicted molar refractivity (Wildman–Crippen MR) is 88.1 cm³/mol. The number of rotatable bonds is 3. The number of nitrogens with zero attached hydrogens (tertiary/aromatic N) is 1. The Morgan fingerprint density at radius 3 is 2.57 bits per heavy atom. The first-order valence-corrected chi connectivity index (χ1v) is 8.69. The molecule has 2 fully saturated rings. The normalized spacial score (nSPS) is 32.0. The molecule has 1 saturated heterocycles. The number of anilines is 1. The summed E-state index contributed by atoms with van der Waals surface area (Å²) in [5.74, 6) is 2.75. The fraction of sp³-hybridized carbons (Fsp3) is 0.556. The minimum atomic E-state index is 0.888. The molecule has 0 unspecified atom stereocenters. The van der Waals surface area contributed by atoms with Gasteiger partial charge >= 0.3 is 0 Å². The Kier molecular flexibility index (Phi) is 3.68. The van der Waals surface area contributed by atoms with Crippen molar-refractivity contribution in [1.82, 2.24) is 0 Å². The molecule has 0 aromatic heterocycles. The molecule has 1 N–H and O–H groups in total. The van der Waals surface area contributed by atoms with E-state index in [2.05, 4.69) is 29.2 Å². The molecule has 1 aliphatic heterocycles. The number of hydrogen-bond donors (Lipinski definition) is 1. The lowest BCUT2D eigenvalue weighted by Crippen LogP contribution is -3.15. The van der Waals surface area contributed by atoms with Crippen LogP contribution in [0.25, 0.3) is 0 Å². The SMILES string of the molecule is Clc1ccccc1N1CC[NH+](C[C@H]2C[C@H]3C=C[C@H]2C3)CC1. The molecule has 1 saturated carbocycles. The summed E-state index contributed by atoms with van der Waals surface area (Å²) in [7, 11) is 0. The van der Waals surface area contributed by atoms with Gasteiger partial charge in [0.2, 0.25) is 0 Å². The Morgan fingerprint density at radius 2 is 1.90 bits per heavy atom. The highest BCUT2D eigenvalue weighted by atomic mass is 35.5. The average Bonchev–Trinajstić information content (AvgIpc) is 3.11. The van der Waals surface area contributed by atoms with Crippen molar-refractivity contribution in [3.8, 4) is 0 Å². The highest BCUT2D eigenvalue weighted by Gasteiger charge is 2.38. The number of nitrogens with one attached hydrogen (secondary N) is 1. The molecule has 2 bridgehead atoms. The maximum absolute atomic E-state index is 6.32. The number of halogens is 1. The Morgan fingerprint density at radius 1 is 1.10 bits per heavy atom. The average molecular weight is 304 g/mol. The van der Waals surface area contributed by atoms with Gasteiger partial charge in [0.25, 0.3) is 0 Å². The second-order valence-electron chi connectivity index (χ2n) is 6.93. The van der Waals surface area contributed by atoms with Crippen molar-refractivity contribution in [2.75, 3.05) is 37.6 Å². The van der Waals surface area contributed by atoms with Gasteiger partial charge in [0.15, 0.2) is 0 Å². The Hall–Kier alpha value is -0.990. The Balaban J connectivity index is 1.33. The molecule has 0 radical (unpaired) electrons. The van der Waals surface area contributed by atoms with E-state index in [1.54, 1.807) is 4.90 Å². The van der Waals surface area contributed by atoms with E-state index < -0.39 is 0 Å². The summed E-state index contributed by atoms with van der Waals surface area (Å²) >= 11 is 6.32. The van der Waals surface area contributed by atoms with Crippen LogP contribution in [-0.2, 0) is 0 Å². The molecule has 1 aromatic carbocycles. The van der Waals surface area contributed by atoms with Gasteiger partial charge in [-0.2, -0.15) is 0 Å². The first kappa shape index (κ1) is 13.7. The largest absolute Gasteiger partial charge is 0.359 e. The highest BCUT2D eigenvalue weighted by molar-refractivity contribution is 6.33. The van der Waals surface area contributed by atoms with Crippen LogP contribution in [0.1, 0.15) is 12.8 Å². The van der Waals surface area contributed by atoms with Gasteiger partial charge in [-0.1, -0.05) is 35.9 Å². The van der Waals surface area contributed by atoms with E-state index in [4.69, 9.17) is 11.6 Å². The maximum atomic E-state index is 6.32. The van der Waals surface area contributed by atoms with E-state index in [0.29, 0.717) is 0 Å². The third-order valence-electron chi connectivity index (χ3n) is 5.63. The molecule has 0 spiro atoms. The topological polar surface area (TPSA) is 7.68 Å². The van der Waals surface area contributed by atoms with Gasteiger partial charge < -0.3 is 9.80 Å². The van der Waals surface area contributed by atoms with Crippen LogP contribution >= 0.6 is 11.6 Å². The minimum Gasteiger partial charge on any atom is -0.359 e. The van der Waals surface area contributed by atoms with E-state index in [1.165, 1.54) is 38.2 Å². The van der Waals surface area contributed by atoms with Gasteiger partial charge in [-0.15, -0.1) is 0 Å². The molecule has 4 rings (SSSR count). The molecule has 3 heteroatoms. The molecular weight excluding hydrogens is 280 g/mol. The zero-order valence-electron chi connectivity index (χ0n) is 12.5. The number of quaternary nitrogens is 1. The van der Waals surface area contributed by atoms with Gasteiger partial charge in [0.1, 0.15) is 0 Å². The number of allylic oxidation sites excluding steroid dienone is 2. The van der Waals surface area contributed by atoms with Crippen LogP contribution < -0.4 is 9.80 Å². The summed E-state index contributed by atoms with van der Waals surface area (Å²) in [5, 5.41) is 0.888. The molecule has 112 valence electrons. The predicted octanol–water partition coefficient (Wildman–Crippen LogP) is 2.26. The molecule has 3 atom stereocenters. The number of fused-ring (bicyclic) bond motifs is 2. The van der Waals surface area contributed by atoms with Crippen LogP contribution in [0.3, 0.4) is 0 Å². The lowest BCUT2D eigenvalue weighted by Gasteiger charge is -2.35. The fourth-order valence-corrected chi connectivity index (χ4v) is 4.73. The second-order valence-corrected chi connectivity index (χ2v) is 7.34. The molecule has 0 amide bonds. The summed E-state index contributed by atoms with van der Waals surface area (Å²) in [6.07, 6.45) is 7.81. The summed E-state index contributed by atoms with van der Waals surface area (Å²) in [6, 6.07) is 8.24. The van der Waals surface area contributed by atoms with Crippen LogP contribution in [0.2, 0.25) is 5.02 Å². The lowest BCUT2D eigenvalue weighted by molar-refractivity contribution is -0.904. The third kappa shape index (κ3) is 2.72. The Bertz CT molecular complexity index is 534. The van der Waals surface area contributed by atoms with Gasteiger partial charge in [0.05, 0.1) is 43.4 Å². The van der Waals surface area contributed by atoms with E-state index in [0.717, 1.165) is 35.9 Å². The smallest absolute Gasteiger partial charge is 0.0949 e. The van der Waals surface area contributed by atoms with Crippen molar-refractivity contribution in [2.45, 2.75) is 12.8 Å². The number of benzene rings is 1. The zero-order valence-corrected chi connectivity index (χ0v) is 13.2. The van der Waals surface area contributed by atoms with Crippen LogP contribution in [0.15, 0.2) is 36.4 Å². The number of hydrogen-bond acceptors (Lipinski definition) is 1. The second kappa shape index (κ2) is 5.66. The lowest BCUT2D eigenvalue weighted by atomic mass is 9.93. The third-order valence-corrected chi connectivity index (χ3v) is 5.95. The molecular formula is C18H24ClN2+. The zero-order chi connectivity index (χ0) is 14.2. The molecule has 3 aliphatic rings. The highest BCUT2D eigenvalue weighted by Crippen LogP contribution is 2.42. The monoisotopic (exact) mass is 303 g/mol. The maximum Gasteiger partial charge on any atom is 0.0949 e. The molecule has 2 nitrogen and oxygen atoms in total. The number of para-hydroxylation sites is 1. The van der Waals surface area contributed by atoms with Crippen molar-refractivity contribution in [3.05, 3.63) is 41.4 Å². The molecule has 1 heterocycles. The van der Waals surface area contributed by atoms with Crippen LogP contribution in [0.4, 0.5) is 5.69 Å². The summed E-state index contributed by atoms with van der Waals surface area (Å²) in [5.41, 5.74) is 1.21. The van der Waals surface area contributed by atoms with Gasteiger partial charge in [-0.05, 0) is 36.8 Å². The van der Waals surface area contributed by atoms with Gasteiger partial charge in [-0.25, -0.2) is 0 Å². The molecule has 2 aliphatic carbocycles. The van der Waals surface area contributed by atoms with E-state index in [-0.39, 0.29) is 0 Å². The van der Waals surface area contributed by atoms with Crippen LogP contribution in [-0.4, -0.2) is 32.7 Å². The quantitative estimate of drug-likeness (QED) is 0.842. The summed E-state index contributed by atoms with van der Waals surface area (Å²) in [4.78, 5) is 4.25. The first-order valence-electron chi connectivity index (χ1n) is 8.31. The van der Waals surface area contributed by atoms with E-state index in [1.807, 2.05) is 12.1 Å². The van der Waals surface area contributed by atoms with Crippen molar-refractivity contribution >= 4 is 17.3 Å². The number of piperazine rings is 1. The van der Waals surface area contributed by atoms with Crippen LogP contribution in [0.5, 0.6) is 0 Å². The van der Waals surface area contributed by atoms with Crippen molar-refractivity contribution in [3.63, 3.8) is 0 Å². The fourth-order valence-electron chi connectivity index (χ4n) is 4.48. The van der Waals surface area contributed by atoms with Crippen molar-refractivity contribution < 1.29 is 4.90 Å². The Labute approximate surface area is 132 Å². The van der Waals surface area contributed by atoms with E-state index in [9.17, 15) is 0 Å². The standard InChI is InChI=1S/C18H23ClN2/c19-17-3-1-2-4-18(17)21-9-7-20(8-10-21)13-16-12-14-5-6-15(16)11-14/h1-6,14-16H,7-13H2/p+1/t14-,15-,16+/m0/s1. The summed E-state index contributed by atoms with van der Waals surface area (Å²) < 4.78 is 0. The van der Waals surface area contributed by atoms with Crippen LogP contribution in [0, 0.1) is 17.8 Å². The van der Waals surface area contributed by atoms with Crippen molar-refractivity contribution in [2.24, 2.45) is 17.8 Å². The first-order chi connectivity index (χ1) is 10.3. The molecule has 21 heavy (non-hydrogen) atoms. The summed E-state index contributed by atoms with van der Waals surface area (Å²) in [6.45, 7) is 6.15. The minimum absolute atomic E-state index is 0.888.